The van der Waals surface area contributed by atoms with E-state index in [1.807, 2.05) is 30.3 Å². The fourth-order valence-corrected chi connectivity index (χ4v) is 5.39. The third-order valence-electron chi connectivity index (χ3n) is 5.42. The van der Waals surface area contributed by atoms with Crippen molar-refractivity contribution >= 4 is 50.1 Å². The summed E-state index contributed by atoms with van der Waals surface area (Å²) in [6.07, 6.45) is -1.10. The summed E-state index contributed by atoms with van der Waals surface area (Å²) in [4.78, 5) is 34.2. The fourth-order valence-electron chi connectivity index (χ4n) is 3.35. The van der Waals surface area contributed by atoms with Gasteiger partial charge in [-0.25, -0.2) is 14.8 Å². The van der Waals surface area contributed by atoms with Crippen molar-refractivity contribution in [3.63, 3.8) is 0 Å². The zero-order valence-corrected chi connectivity index (χ0v) is 20.2. The first-order valence-corrected chi connectivity index (χ1v) is 12.1. The molecule has 2 N–H and O–H groups in total. The first kappa shape index (κ1) is 23.0. The molecule has 1 aromatic carbocycles. The second-order valence-electron chi connectivity index (χ2n) is 7.82. The van der Waals surface area contributed by atoms with Crippen LogP contribution >= 0.6 is 22.7 Å². The highest BCUT2D eigenvalue weighted by atomic mass is 32.1. The number of aryl methyl sites for hydroxylation is 1. The highest BCUT2D eigenvalue weighted by molar-refractivity contribution is 7.26. The van der Waals surface area contributed by atoms with Gasteiger partial charge in [0.05, 0.1) is 13.2 Å². The number of aromatic nitrogens is 3. The molecule has 1 aliphatic heterocycles. The molecule has 35 heavy (non-hydrogen) atoms. The quantitative estimate of drug-likeness (QED) is 0.380. The Morgan fingerprint density at radius 1 is 1.17 bits per heavy atom. The van der Waals surface area contributed by atoms with Gasteiger partial charge in [0.25, 0.3) is 0 Å². The molecule has 0 spiro atoms. The third-order valence-corrected chi connectivity index (χ3v) is 7.57. The van der Waals surface area contributed by atoms with E-state index in [-0.39, 0.29) is 18.9 Å². The van der Waals surface area contributed by atoms with Gasteiger partial charge >= 0.3 is 12.1 Å². The van der Waals surface area contributed by atoms with Crippen LogP contribution in [0.4, 0.5) is 10.5 Å². The van der Waals surface area contributed by atoms with Crippen molar-refractivity contribution in [2.24, 2.45) is 0 Å². The Morgan fingerprint density at radius 3 is 2.57 bits per heavy atom. The topological polar surface area (TPSA) is 137 Å². The van der Waals surface area contributed by atoms with Gasteiger partial charge in [-0.3, -0.25) is 10.1 Å². The van der Waals surface area contributed by atoms with Crippen LogP contribution < -0.4 is 5.32 Å². The number of carboxylic acid groups (broad SMARTS) is 1. The van der Waals surface area contributed by atoms with E-state index in [2.05, 4.69) is 32.3 Å². The molecule has 1 atom stereocenters. The summed E-state index contributed by atoms with van der Waals surface area (Å²) in [6.45, 7) is 3.63. The smallest absolute Gasteiger partial charge is 0.412 e. The summed E-state index contributed by atoms with van der Waals surface area (Å²) in [5.74, 6) is 5.20. The average molecular weight is 511 g/mol. The first-order chi connectivity index (χ1) is 16.9. The van der Waals surface area contributed by atoms with Gasteiger partial charge in [0.15, 0.2) is 31.5 Å². The van der Waals surface area contributed by atoms with E-state index in [4.69, 9.17) is 14.0 Å². The third kappa shape index (κ3) is 4.37. The Balaban J connectivity index is 1.31. The lowest BCUT2D eigenvalue weighted by Crippen LogP contribution is -2.52. The number of hydrogen-bond acceptors (Lipinski definition) is 10. The number of nitrogens with zero attached hydrogens (tertiary/aromatic N) is 3. The second-order valence-corrected chi connectivity index (χ2v) is 9.78. The van der Waals surface area contributed by atoms with Gasteiger partial charge in [-0.1, -0.05) is 58.2 Å². The minimum Gasteiger partial charge on any atom is -0.480 e. The molecule has 0 radical (unpaired) electrons. The molecule has 1 amide bonds. The van der Waals surface area contributed by atoms with Crippen molar-refractivity contribution in [2.45, 2.75) is 25.4 Å². The van der Waals surface area contributed by atoms with Crippen molar-refractivity contribution in [2.75, 3.05) is 18.5 Å². The minimum absolute atomic E-state index is 0.101. The van der Waals surface area contributed by atoms with E-state index in [1.54, 1.807) is 13.8 Å². The van der Waals surface area contributed by atoms with Gasteiger partial charge in [0.2, 0.25) is 0 Å². The SMILES string of the molecule is Cc1onc(C#Cc2nc3sc(C4(C(=O)O)COC4)nc3s2)c1NC(=O)OC(C)c1ccccc1. The zero-order chi connectivity index (χ0) is 24.6. The van der Waals surface area contributed by atoms with Crippen LogP contribution in [0.3, 0.4) is 0 Å². The first-order valence-electron chi connectivity index (χ1n) is 10.5. The Morgan fingerprint density at radius 2 is 1.91 bits per heavy atom. The molecule has 0 saturated carbocycles. The largest absolute Gasteiger partial charge is 0.480 e. The van der Waals surface area contributed by atoms with Crippen LogP contribution in [0.2, 0.25) is 0 Å². The molecular formula is C23H18N4O6S2. The molecule has 1 saturated heterocycles. The fraction of sp³-hybridized carbons (Fsp3) is 0.261. The predicted molar refractivity (Wildman–Crippen MR) is 128 cm³/mol. The maximum Gasteiger partial charge on any atom is 0.412 e. The molecule has 4 heterocycles. The summed E-state index contributed by atoms with van der Waals surface area (Å²) in [6, 6.07) is 9.37. The van der Waals surface area contributed by atoms with E-state index in [0.29, 0.717) is 31.1 Å². The summed E-state index contributed by atoms with van der Waals surface area (Å²) < 4.78 is 15.8. The van der Waals surface area contributed by atoms with E-state index in [1.165, 1.54) is 22.7 Å². The molecule has 1 aliphatic rings. The van der Waals surface area contributed by atoms with Crippen molar-refractivity contribution in [1.82, 2.24) is 15.1 Å². The highest BCUT2D eigenvalue weighted by Gasteiger charge is 2.50. The number of fused-ring (bicyclic) bond motifs is 1. The lowest BCUT2D eigenvalue weighted by atomic mass is 9.87. The molecule has 0 aliphatic carbocycles. The number of ether oxygens (including phenoxy) is 2. The monoisotopic (exact) mass is 510 g/mol. The summed E-state index contributed by atoms with van der Waals surface area (Å²) in [7, 11) is 0. The number of rotatable bonds is 5. The number of nitrogens with one attached hydrogen (secondary N) is 1. The van der Waals surface area contributed by atoms with Crippen LogP contribution in [0.15, 0.2) is 34.9 Å². The molecular weight excluding hydrogens is 492 g/mol. The molecule has 4 aromatic rings. The predicted octanol–water partition coefficient (Wildman–Crippen LogP) is 4.11. The number of carbonyl (C=O) groups is 2. The molecule has 3 aromatic heterocycles. The van der Waals surface area contributed by atoms with Crippen LogP contribution in [0, 0.1) is 18.8 Å². The van der Waals surface area contributed by atoms with E-state index in [0.717, 1.165) is 5.56 Å². The van der Waals surface area contributed by atoms with Crippen LogP contribution in [-0.2, 0) is 19.7 Å². The highest BCUT2D eigenvalue weighted by Crippen LogP contribution is 2.38. The molecule has 10 nitrogen and oxygen atoms in total. The molecule has 5 rings (SSSR count). The average Bonchev–Trinajstić information content (AvgIpc) is 3.46. The number of carbonyl (C=O) groups excluding carboxylic acids is 1. The number of benzene rings is 1. The number of aliphatic carboxylic acids is 1. The second kappa shape index (κ2) is 9.10. The van der Waals surface area contributed by atoms with Crippen molar-refractivity contribution in [1.29, 1.82) is 0 Å². The minimum atomic E-state index is -1.09. The number of amides is 1. The summed E-state index contributed by atoms with van der Waals surface area (Å²) in [5.41, 5.74) is 0.317. The van der Waals surface area contributed by atoms with Crippen LogP contribution in [0.25, 0.3) is 9.66 Å². The molecule has 0 bridgehead atoms. The maximum atomic E-state index is 12.4. The standard InChI is InChI=1S/C23H18N4O6S2/c1-12(14-6-4-3-5-7-14)32-22(30)25-17-13(2)33-27-15(17)8-9-16-24-18-19(34-16)26-20(35-18)23(21(28)29)10-31-11-23/h3-7,12H,10-11H2,1-2H3,(H,25,30)(H,28,29). The molecule has 12 heteroatoms. The normalized spacial score (nSPS) is 15.0. The Kier molecular flexibility index (Phi) is 5.98. The maximum absolute atomic E-state index is 12.4. The van der Waals surface area contributed by atoms with Gasteiger partial charge in [0, 0.05) is 0 Å². The zero-order valence-electron chi connectivity index (χ0n) is 18.5. The van der Waals surface area contributed by atoms with Crippen LogP contribution in [0.5, 0.6) is 0 Å². The van der Waals surface area contributed by atoms with E-state index >= 15 is 0 Å². The molecule has 178 valence electrons. The number of anilines is 1. The number of thiazole rings is 2. The Bertz CT molecular complexity index is 1440. The molecule has 1 unspecified atom stereocenters. The van der Waals surface area contributed by atoms with Gasteiger partial charge in [-0.05, 0) is 31.3 Å². The van der Waals surface area contributed by atoms with Crippen LogP contribution in [-0.4, -0.2) is 45.5 Å². The summed E-state index contributed by atoms with van der Waals surface area (Å²) in [5, 5.41) is 17.1. The van der Waals surface area contributed by atoms with Crippen molar-refractivity contribution in [3.05, 3.63) is 57.4 Å². The number of hydrogen-bond donors (Lipinski definition) is 2. The Hall–Kier alpha value is -3.79. The Labute approximate surface area is 206 Å². The van der Waals surface area contributed by atoms with Gasteiger partial charge in [-0.2, -0.15) is 0 Å². The lowest BCUT2D eigenvalue weighted by molar-refractivity contribution is -0.163. The molecule has 1 fully saturated rings. The van der Waals surface area contributed by atoms with Gasteiger partial charge < -0.3 is 19.1 Å². The number of carboxylic acids is 1. The summed E-state index contributed by atoms with van der Waals surface area (Å²) >= 11 is 2.47. The van der Waals surface area contributed by atoms with Gasteiger partial charge in [0.1, 0.15) is 16.8 Å². The van der Waals surface area contributed by atoms with E-state index < -0.39 is 23.6 Å². The van der Waals surface area contributed by atoms with Crippen molar-refractivity contribution < 1.29 is 28.7 Å². The lowest BCUT2D eigenvalue weighted by Gasteiger charge is -2.35. The van der Waals surface area contributed by atoms with E-state index in [9.17, 15) is 14.7 Å². The van der Waals surface area contributed by atoms with Crippen LogP contribution in [0.1, 0.15) is 40.1 Å². The van der Waals surface area contributed by atoms with Crippen molar-refractivity contribution in [3.8, 4) is 11.8 Å². The van der Waals surface area contributed by atoms with Gasteiger partial charge in [-0.15, -0.1) is 0 Å².